The Balaban J connectivity index is 1.88. The van der Waals surface area contributed by atoms with Crippen LogP contribution in [0.15, 0.2) is 24.3 Å². The number of hydrogen-bond donors (Lipinski definition) is 1. The third kappa shape index (κ3) is 5.54. The van der Waals surface area contributed by atoms with Crippen LogP contribution in [0.1, 0.15) is 56.1 Å². The van der Waals surface area contributed by atoms with E-state index in [1.807, 2.05) is 36.2 Å². The van der Waals surface area contributed by atoms with E-state index >= 15 is 0 Å². The Morgan fingerprint density at radius 2 is 1.74 bits per heavy atom. The number of nitrogens with one attached hydrogen (secondary N) is 1. The van der Waals surface area contributed by atoms with Crippen LogP contribution in [0.4, 0.5) is 4.79 Å². The fourth-order valence-corrected chi connectivity index (χ4v) is 3.31. The van der Waals surface area contributed by atoms with Crippen molar-refractivity contribution in [2.75, 3.05) is 14.2 Å². The number of benzene rings is 1. The molecule has 0 radical (unpaired) electrons. The number of hydrogen-bond acceptors (Lipinski definition) is 2. The minimum atomic E-state index is 0.0304. The molecule has 1 saturated carbocycles. The van der Waals surface area contributed by atoms with E-state index in [1.165, 1.54) is 32.1 Å². The van der Waals surface area contributed by atoms with Crippen molar-refractivity contribution in [1.82, 2.24) is 10.2 Å². The van der Waals surface area contributed by atoms with E-state index in [0.29, 0.717) is 19.2 Å². The van der Waals surface area contributed by atoms with E-state index in [1.54, 1.807) is 7.11 Å². The molecule has 0 bridgehead atoms. The summed E-state index contributed by atoms with van der Waals surface area (Å²) in [6, 6.07) is 8.50. The van der Waals surface area contributed by atoms with E-state index in [4.69, 9.17) is 4.74 Å². The Kier molecular flexibility index (Phi) is 7.40. The fraction of sp³-hybridized carbons (Fsp3) is 0.632. The van der Waals surface area contributed by atoms with Gasteiger partial charge in [-0.1, -0.05) is 56.4 Å². The summed E-state index contributed by atoms with van der Waals surface area (Å²) in [4.78, 5) is 14.4. The molecule has 0 atom stereocenters. The van der Waals surface area contributed by atoms with E-state index < -0.39 is 0 Å². The lowest BCUT2D eigenvalue weighted by atomic mass is 9.96. The third-order valence-corrected chi connectivity index (χ3v) is 4.79. The number of ether oxygens (including phenoxy) is 1. The molecule has 1 aliphatic rings. The monoisotopic (exact) mass is 318 g/mol. The van der Waals surface area contributed by atoms with Gasteiger partial charge in [-0.05, 0) is 24.0 Å². The first kappa shape index (κ1) is 17.8. The van der Waals surface area contributed by atoms with Crippen LogP contribution in [0, 0.1) is 0 Å². The third-order valence-electron chi connectivity index (χ3n) is 4.79. The fourth-order valence-electron chi connectivity index (χ4n) is 3.31. The lowest BCUT2D eigenvalue weighted by Crippen LogP contribution is -2.43. The maximum Gasteiger partial charge on any atom is 0.317 e. The molecule has 1 N–H and O–H groups in total. The van der Waals surface area contributed by atoms with Crippen molar-refractivity contribution < 1.29 is 9.53 Å². The Hall–Kier alpha value is -1.55. The van der Waals surface area contributed by atoms with Crippen molar-refractivity contribution in [2.24, 2.45) is 0 Å². The number of nitrogens with zero attached hydrogens (tertiary/aromatic N) is 1. The number of methoxy groups -OCH3 is 1. The van der Waals surface area contributed by atoms with Crippen LogP contribution in [-0.4, -0.2) is 31.1 Å². The van der Waals surface area contributed by atoms with Gasteiger partial charge in [-0.2, -0.15) is 0 Å². The Morgan fingerprint density at radius 1 is 1.13 bits per heavy atom. The van der Waals surface area contributed by atoms with Gasteiger partial charge in [-0.3, -0.25) is 0 Å². The van der Waals surface area contributed by atoms with Crippen molar-refractivity contribution in [1.29, 1.82) is 0 Å². The van der Waals surface area contributed by atoms with E-state index in [2.05, 4.69) is 5.32 Å². The van der Waals surface area contributed by atoms with Crippen LogP contribution in [0.3, 0.4) is 0 Å². The minimum Gasteiger partial charge on any atom is -0.380 e. The van der Waals surface area contributed by atoms with Crippen molar-refractivity contribution >= 4 is 6.03 Å². The quantitative estimate of drug-likeness (QED) is 0.888. The molecular weight excluding hydrogens is 288 g/mol. The first-order chi connectivity index (χ1) is 11.2. The SMILES string of the molecule is COCc1ccccc1CNC(=O)N(C)C1CCCCCCC1. The molecule has 2 rings (SSSR count). The molecule has 0 heterocycles. The smallest absolute Gasteiger partial charge is 0.317 e. The molecule has 2 amide bonds. The Labute approximate surface area is 140 Å². The van der Waals surface area contributed by atoms with Gasteiger partial charge in [-0.15, -0.1) is 0 Å². The first-order valence-electron chi connectivity index (χ1n) is 8.78. The average Bonchev–Trinajstić information content (AvgIpc) is 2.53. The second-order valence-corrected chi connectivity index (χ2v) is 6.47. The van der Waals surface area contributed by atoms with Gasteiger partial charge in [0.2, 0.25) is 0 Å². The average molecular weight is 318 g/mol. The molecule has 4 nitrogen and oxygen atoms in total. The zero-order valence-corrected chi connectivity index (χ0v) is 14.5. The summed E-state index contributed by atoms with van der Waals surface area (Å²) in [5.41, 5.74) is 2.25. The van der Waals surface area contributed by atoms with Gasteiger partial charge in [0.25, 0.3) is 0 Å². The van der Waals surface area contributed by atoms with Crippen LogP contribution in [-0.2, 0) is 17.9 Å². The molecule has 1 aromatic carbocycles. The molecule has 0 saturated heterocycles. The number of rotatable bonds is 5. The van der Waals surface area contributed by atoms with E-state index in [-0.39, 0.29) is 6.03 Å². The van der Waals surface area contributed by atoms with Gasteiger partial charge >= 0.3 is 6.03 Å². The molecular formula is C19H30N2O2. The van der Waals surface area contributed by atoms with Crippen LogP contribution in [0.25, 0.3) is 0 Å². The summed E-state index contributed by atoms with van der Waals surface area (Å²) in [5, 5.41) is 3.06. The number of amides is 2. The van der Waals surface area contributed by atoms with E-state index in [0.717, 1.165) is 24.0 Å². The van der Waals surface area contributed by atoms with Gasteiger partial charge < -0.3 is 15.0 Å². The Morgan fingerprint density at radius 3 is 2.39 bits per heavy atom. The number of urea groups is 1. The molecule has 1 fully saturated rings. The highest BCUT2D eigenvalue weighted by molar-refractivity contribution is 5.74. The predicted molar refractivity (Wildman–Crippen MR) is 93.3 cm³/mol. The summed E-state index contributed by atoms with van der Waals surface area (Å²) in [5.74, 6) is 0. The molecule has 0 aliphatic heterocycles. The van der Waals surface area contributed by atoms with Gasteiger partial charge in [0.1, 0.15) is 0 Å². The number of carbonyl (C=O) groups excluding carboxylic acids is 1. The van der Waals surface area contributed by atoms with Crippen LogP contribution < -0.4 is 5.32 Å². The molecule has 1 aliphatic carbocycles. The van der Waals surface area contributed by atoms with Crippen molar-refractivity contribution in [2.45, 2.75) is 64.1 Å². The van der Waals surface area contributed by atoms with Crippen molar-refractivity contribution in [3.05, 3.63) is 35.4 Å². The zero-order chi connectivity index (χ0) is 16.5. The first-order valence-corrected chi connectivity index (χ1v) is 8.78. The van der Waals surface area contributed by atoms with Gasteiger partial charge in [0.15, 0.2) is 0 Å². The van der Waals surface area contributed by atoms with Crippen molar-refractivity contribution in [3.8, 4) is 0 Å². The highest BCUT2D eigenvalue weighted by Crippen LogP contribution is 2.20. The van der Waals surface area contributed by atoms with Gasteiger partial charge in [0.05, 0.1) is 6.61 Å². The molecule has 0 spiro atoms. The van der Waals surface area contributed by atoms with Crippen molar-refractivity contribution in [3.63, 3.8) is 0 Å². The second-order valence-electron chi connectivity index (χ2n) is 6.47. The molecule has 0 unspecified atom stereocenters. The highest BCUT2D eigenvalue weighted by Gasteiger charge is 2.20. The summed E-state index contributed by atoms with van der Waals surface area (Å²) < 4.78 is 5.22. The predicted octanol–water partition coefficient (Wildman–Crippen LogP) is 4.09. The van der Waals surface area contributed by atoms with E-state index in [9.17, 15) is 4.79 Å². The maximum atomic E-state index is 12.5. The summed E-state index contributed by atoms with van der Waals surface area (Å²) >= 11 is 0. The van der Waals surface area contributed by atoms with Crippen LogP contribution in [0.5, 0.6) is 0 Å². The summed E-state index contributed by atoms with van der Waals surface area (Å²) in [6.07, 6.45) is 8.68. The lowest BCUT2D eigenvalue weighted by Gasteiger charge is -2.30. The number of carbonyl (C=O) groups is 1. The molecule has 0 aromatic heterocycles. The second kappa shape index (κ2) is 9.56. The molecule has 4 heteroatoms. The maximum absolute atomic E-state index is 12.5. The summed E-state index contributed by atoms with van der Waals surface area (Å²) in [6.45, 7) is 1.12. The minimum absolute atomic E-state index is 0.0304. The standard InChI is InChI=1S/C19H30N2O2/c1-21(18-12-6-4-3-5-7-13-18)19(22)20-14-16-10-8-9-11-17(16)15-23-2/h8-11,18H,3-7,12-15H2,1-2H3,(H,20,22). The highest BCUT2D eigenvalue weighted by atomic mass is 16.5. The molecule has 1 aromatic rings. The lowest BCUT2D eigenvalue weighted by molar-refractivity contribution is 0.176. The molecule has 128 valence electrons. The van der Waals surface area contributed by atoms with Crippen LogP contribution >= 0.6 is 0 Å². The normalized spacial score (nSPS) is 16.4. The summed E-state index contributed by atoms with van der Waals surface area (Å²) in [7, 11) is 3.63. The topological polar surface area (TPSA) is 41.6 Å². The zero-order valence-electron chi connectivity index (χ0n) is 14.5. The largest absolute Gasteiger partial charge is 0.380 e. The van der Waals surface area contributed by atoms with Gasteiger partial charge in [0, 0.05) is 26.7 Å². The molecule has 23 heavy (non-hydrogen) atoms. The van der Waals surface area contributed by atoms with Gasteiger partial charge in [-0.25, -0.2) is 4.79 Å². The Bertz CT molecular complexity index is 482. The van der Waals surface area contributed by atoms with Crippen LogP contribution in [0.2, 0.25) is 0 Å².